The minimum atomic E-state index is -0.136. The second kappa shape index (κ2) is 8.10. The third kappa shape index (κ3) is 5.22. The van der Waals surface area contributed by atoms with Gasteiger partial charge in [0.15, 0.2) is 0 Å². The zero-order chi connectivity index (χ0) is 13.4. The maximum Gasteiger partial charge on any atom is 0.0702 e. The van der Waals surface area contributed by atoms with Crippen LogP contribution in [-0.4, -0.2) is 61.5 Å². The normalized spacial score (nSPS) is 23.5. The summed E-state index contributed by atoms with van der Waals surface area (Å²) < 4.78 is 5.68. The molecule has 0 bridgehead atoms. The van der Waals surface area contributed by atoms with Crippen molar-refractivity contribution in [2.45, 2.75) is 51.2 Å². The summed E-state index contributed by atoms with van der Waals surface area (Å²) in [5.41, 5.74) is -0.136. The predicted octanol–water partition coefficient (Wildman–Crippen LogP) is 1.24. The van der Waals surface area contributed by atoms with E-state index in [0.29, 0.717) is 6.10 Å². The van der Waals surface area contributed by atoms with Gasteiger partial charge in [0, 0.05) is 18.7 Å². The third-order valence-electron chi connectivity index (χ3n) is 4.09. The number of nitrogens with zero attached hydrogens (tertiary/aromatic N) is 1. The Kier molecular flexibility index (Phi) is 7.15. The van der Waals surface area contributed by atoms with Crippen molar-refractivity contribution in [1.29, 1.82) is 0 Å². The molecule has 4 heteroatoms. The number of hydrogen-bond acceptors (Lipinski definition) is 4. The molecule has 1 saturated heterocycles. The molecule has 4 nitrogen and oxygen atoms in total. The van der Waals surface area contributed by atoms with Crippen LogP contribution in [0.5, 0.6) is 0 Å². The second-order valence-electron chi connectivity index (χ2n) is 5.60. The van der Waals surface area contributed by atoms with Gasteiger partial charge in [-0.05, 0) is 52.7 Å². The van der Waals surface area contributed by atoms with Gasteiger partial charge in [-0.15, -0.1) is 0 Å². The Balaban J connectivity index is 2.22. The van der Waals surface area contributed by atoms with E-state index in [2.05, 4.69) is 24.1 Å². The van der Waals surface area contributed by atoms with Gasteiger partial charge in [-0.2, -0.15) is 0 Å². The predicted molar refractivity (Wildman–Crippen MR) is 74.9 cm³/mol. The average molecular weight is 258 g/mol. The quantitative estimate of drug-likeness (QED) is 0.653. The first-order valence-electron chi connectivity index (χ1n) is 7.27. The molecule has 18 heavy (non-hydrogen) atoms. The number of rotatable bonds is 9. The molecule has 0 radical (unpaired) electrons. The summed E-state index contributed by atoms with van der Waals surface area (Å²) in [5, 5.41) is 12.5. The lowest BCUT2D eigenvalue weighted by Crippen LogP contribution is -2.44. The van der Waals surface area contributed by atoms with E-state index < -0.39 is 0 Å². The van der Waals surface area contributed by atoms with Crippen LogP contribution in [0.25, 0.3) is 0 Å². The zero-order valence-corrected chi connectivity index (χ0v) is 12.2. The number of hydrogen-bond donors (Lipinski definition) is 2. The highest BCUT2D eigenvalue weighted by Crippen LogP contribution is 2.15. The van der Waals surface area contributed by atoms with Gasteiger partial charge < -0.3 is 20.1 Å². The fourth-order valence-corrected chi connectivity index (χ4v) is 2.43. The molecule has 0 aromatic heterocycles. The minimum Gasteiger partial charge on any atom is -0.394 e. The van der Waals surface area contributed by atoms with E-state index in [4.69, 9.17) is 4.74 Å². The van der Waals surface area contributed by atoms with Crippen molar-refractivity contribution in [2.24, 2.45) is 0 Å². The molecule has 1 aliphatic heterocycles. The molecule has 1 aliphatic rings. The first kappa shape index (κ1) is 15.9. The average Bonchev–Trinajstić information content (AvgIpc) is 2.90. The van der Waals surface area contributed by atoms with Gasteiger partial charge in [0.25, 0.3) is 0 Å². The topological polar surface area (TPSA) is 44.7 Å². The Morgan fingerprint density at radius 2 is 2.28 bits per heavy atom. The molecular weight excluding hydrogens is 228 g/mol. The number of likely N-dealkylation sites (N-methyl/N-ethyl adjacent to an activating group) is 2. The Bertz CT molecular complexity index is 214. The van der Waals surface area contributed by atoms with Gasteiger partial charge in [0.1, 0.15) is 0 Å². The monoisotopic (exact) mass is 258 g/mol. The standard InChI is InChI=1S/C14H30N2O2/c1-4-16(11-13-7-5-10-18-13)9-6-8-14(2,12-17)15-3/h13,15,17H,4-12H2,1-3H3. The van der Waals surface area contributed by atoms with Crippen LogP contribution in [0.1, 0.15) is 39.5 Å². The van der Waals surface area contributed by atoms with E-state index in [0.717, 1.165) is 39.1 Å². The summed E-state index contributed by atoms with van der Waals surface area (Å²) in [7, 11) is 1.92. The molecular formula is C14H30N2O2. The molecule has 1 heterocycles. The van der Waals surface area contributed by atoms with Crippen molar-refractivity contribution in [2.75, 3.05) is 39.9 Å². The van der Waals surface area contributed by atoms with Gasteiger partial charge in [-0.1, -0.05) is 6.92 Å². The molecule has 2 atom stereocenters. The SMILES string of the molecule is CCN(CCCC(C)(CO)NC)CC1CCCO1. The van der Waals surface area contributed by atoms with Crippen molar-refractivity contribution in [3.63, 3.8) is 0 Å². The van der Waals surface area contributed by atoms with Crippen LogP contribution in [0.3, 0.4) is 0 Å². The maximum absolute atomic E-state index is 9.34. The molecule has 108 valence electrons. The third-order valence-corrected chi connectivity index (χ3v) is 4.09. The van der Waals surface area contributed by atoms with Crippen molar-refractivity contribution >= 4 is 0 Å². The highest BCUT2D eigenvalue weighted by Gasteiger charge is 2.22. The lowest BCUT2D eigenvalue weighted by atomic mass is 9.97. The number of nitrogens with one attached hydrogen (secondary N) is 1. The Morgan fingerprint density at radius 3 is 2.78 bits per heavy atom. The Hall–Kier alpha value is -0.160. The fraction of sp³-hybridized carbons (Fsp3) is 1.00. The summed E-state index contributed by atoms with van der Waals surface area (Å²) in [6, 6.07) is 0. The van der Waals surface area contributed by atoms with E-state index in [1.807, 2.05) is 7.05 Å². The van der Waals surface area contributed by atoms with Crippen molar-refractivity contribution in [1.82, 2.24) is 10.2 Å². The van der Waals surface area contributed by atoms with Crippen LogP contribution in [0.15, 0.2) is 0 Å². The van der Waals surface area contributed by atoms with Crippen LogP contribution >= 0.6 is 0 Å². The number of ether oxygens (including phenoxy) is 1. The van der Waals surface area contributed by atoms with E-state index in [1.165, 1.54) is 12.8 Å². The minimum absolute atomic E-state index is 0.136. The first-order chi connectivity index (χ1) is 8.63. The molecule has 0 aromatic carbocycles. The summed E-state index contributed by atoms with van der Waals surface area (Å²) in [5.74, 6) is 0. The van der Waals surface area contributed by atoms with Crippen LogP contribution in [-0.2, 0) is 4.74 Å². The van der Waals surface area contributed by atoms with Crippen molar-refractivity contribution < 1.29 is 9.84 Å². The lowest BCUT2D eigenvalue weighted by Gasteiger charge is -2.29. The van der Waals surface area contributed by atoms with Gasteiger partial charge in [-0.25, -0.2) is 0 Å². The number of aliphatic hydroxyl groups excluding tert-OH is 1. The molecule has 0 aliphatic carbocycles. The summed E-state index contributed by atoms with van der Waals surface area (Å²) >= 11 is 0. The molecule has 1 fully saturated rings. The van der Waals surface area contributed by atoms with Gasteiger partial charge in [0.2, 0.25) is 0 Å². The van der Waals surface area contributed by atoms with Crippen LogP contribution in [0.2, 0.25) is 0 Å². The van der Waals surface area contributed by atoms with Crippen LogP contribution in [0, 0.1) is 0 Å². The second-order valence-corrected chi connectivity index (χ2v) is 5.60. The summed E-state index contributed by atoms with van der Waals surface area (Å²) in [6.07, 6.45) is 4.98. The van der Waals surface area contributed by atoms with Crippen LogP contribution < -0.4 is 5.32 Å². The van der Waals surface area contributed by atoms with E-state index >= 15 is 0 Å². The lowest BCUT2D eigenvalue weighted by molar-refractivity contribution is 0.0727. The molecule has 2 unspecified atom stereocenters. The highest BCUT2D eigenvalue weighted by atomic mass is 16.5. The molecule has 0 saturated carbocycles. The van der Waals surface area contributed by atoms with Gasteiger partial charge in [0.05, 0.1) is 12.7 Å². The Labute approximate surface area is 112 Å². The van der Waals surface area contributed by atoms with Crippen molar-refractivity contribution in [3.05, 3.63) is 0 Å². The maximum atomic E-state index is 9.34. The highest BCUT2D eigenvalue weighted by molar-refractivity contribution is 4.81. The molecule has 0 amide bonds. The van der Waals surface area contributed by atoms with Crippen molar-refractivity contribution in [3.8, 4) is 0 Å². The zero-order valence-electron chi connectivity index (χ0n) is 12.2. The largest absolute Gasteiger partial charge is 0.394 e. The summed E-state index contributed by atoms with van der Waals surface area (Å²) in [4.78, 5) is 2.46. The van der Waals surface area contributed by atoms with E-state index in [9.17, 15) is 5.11 Å². The van der Waals surface area contributed by atoms with Crippen LogP contribution in [0.4, 0.5) is 0 Å². The fourth-order valence-electron chi connectivity index (χ4n) is 2.43. The molecule has 2 N–H and O–H groups in total. The molecule has 1 rings (SSSR count). The number of aliphatic hydroxyl groups is 1. The molecule has 0 spiro atoms. The van der Waals surface area contributed by atoms with E-state index in [-0.39, 0.29) is 12.1 Å². The van der Waals surface area contributed by atoms with Gasteiger partial charge >= 0.3 is 0 Å². The van der Waals surface area contributed by atoms with E-state index in [1.54, 1.807) is 0 Å². The smallest absolute Gasteiger partial charge is 0.0702 e. The first-order valence-corrected chi connectivity index (χ1v) is 7.27. The Morgan fingerprint density at radius 1 is 1.50 bits per heavy atom. The molecule has 0 aromatic rings. The van der Waals surface area contributed by atoms with Gasteiger partial charge in [-0.3, -0.25) is 0 Å². The summed E-state index contributed by atoms with van der Waals surface area (Å²) in [6.45, 7) is 8.64.